The molecule has 1 aliphatic rings. The van der Waals surface area contributed by atoms with Crippen molar-refractivity contribution in [3.63, 3.8) is 0 Å². The monoisotopic (exact) mass is 230 g/mol. The molecule has 4 nitrogen and oxygen atoms in total. The van der Waals surface area contributed by atoms with Crippen LogP contribution in [0.15, 0.2) is 16.7 Å². The van der Waals surface area contributed by atoms with Gasteiger partial charge in [-0.2, -0.15) is 0 Å². The van der Waals surface area contributed by atoms with E-state index in [0.717, 1.165) is 30.8 Å². The summed E-state index contributed by atoms with van der Waals surface area (Å²) in [4.78, 5) is 0. The van der Waals surface area contributed by atoms with Crippen LogP contribution >= 0.6 is 12.4 Å². The first-order valence-corrected chi connectivity index (χ1v) is 4.84. The number of allylic oxidation sites excluding steroid dienone is 1. The zero-order chi connectivity index (χ0) is 9.80. The van der Waals surface area contributed by atoms with E-state index in [0.29, 0.717) is 12.5 Å². The van der Waals surface area contributed by atoms with Crippen LogP contribution in [0.2, 0.25) is 0 Å². The van der Waals surface area contributed by atoms with Gasteiger partial charge in [0.1, 0.15) is 12.4 Å². The summed E-state index contributed by atoms with van der Waals surface area (Å²) in [5.74, 6) is 1.59. The molecule has 0 atom stereocenters. The molecule has 15 heavy (non-hydrogen) atoms. The Kier molecular flexibility index (Phi) is 4.65. The molecule has 5 heteroatoms. The van der Waals surface area contributed by atoms with Crippen molar-refractivity contribution in [1.82, 2.24) is 10.5 Å². The molecule has 0 spiro atoms. The molecule has 2 heterocycles. The molecule has 1 aromatic rings. The van der Waals surface area contributed by atoms with Gasteiger partial charge in [0, 0.05) is 19.5 Å². The van der Waals surface area contributed by atoms with Gasteiger partial charge in [-0.3, -0.25) is 0 Å². The highest BCUT2D eigenvalue weighted by molar-refractivity contribution is 5.85. The number of hydrogen-bond acceptors (Lipinski definition) is 4. The second-order valence-corrected chi connectivity index (χ2v) is 3.20. The van der Waals surface area contributed by atoms with E-state index in [1.807, 2.05) is 19.1 Å². The highest BCUT2D eigenvalue weighted by Crippen LogP contribution is 2.23. The van der Waals surface area contributed by atoms with Gasteiger partial charge in [-0.05, 0) is 12.1 Å². The quantitative estimate of drug-likeness (QED) is 0.803. The van der Waals surface area contributed by atoms with Crippen LogP contribution in [0.1, 0.15) is 18.2 Å². The molecule has 0 amide bonds. The zero-order valence-electron chi connectivity index (χ0n) is 8.66. The molecule has 1 aromatic heterocycles. The molecule has 0 unspecified atom stereocenters. The molecular formula is C10H15ClN2O2. The van der Waals surface area contributed by atoms with Crippen LogP contribution in [0.3, 0.4) is 0 Å². The largest absolute Gasteiger partial charge is 0.471 e. The van der Waals surface area contributed by atoms with Crippen molar-refractivity contribution in [3.05, 3.63) is 23.5 Å². The van der Waals surface area contributed by atoms with E-state index in [1.165, 1.54) is 0 Å². The third kappa shape index (κ3) is 2.73. The van der Waals surface area contributed by atoms with Crippen molar-refractivity contribution < 1.29 is 9.26 Å². The Balaban J connectivity index is 0.00000112. The number of rotatable bonds is 3. The van der Waals surface area contributed by atoms with Gasteiger partial charge in [0.25, 0.3) is 5.88 Å². The second kappa shape index (κ2) is 5.78. The zero-order valence-corrected chi connectivity index (χ0v) is 9.47. The lowest BCUT2D eigenvalue weighted by molar-refractivity contribution is 0.303. The molecule has 0 radical (unpaired) electrons. The molecule has 0 aromatic carbocycles. The summed E-state index contributed by atoms with van der Waals surface area (Å²) in [5, 5.41) is 7.16. The smallest absolute Gasteiger partial charge is 0.259 e. The van der Waals surface area contributed by atoms with E-state index < -0.39 is 0 Å². The second-order valence-electron chi connectivity index (χ2n) is 3.20. The van der Waals surface area contributed by atoms with E-state index in [1.54, 1.807) is 0 Å². The first-order chi connectivity index (χ1) is 6.92. The van der Waals surface area contributed by atoms with Crippen molar-refractivity contribution in [2.45, 2.75) is 19.9 Å². The number of halogens is 1. The molecule has 0 bridgehead atoms. The maximum atomic E-state index is 5.45. The number of fused-ring (bicyclic) bond motifs is 1. The maximum Gasteiger partial charge on any atom is 0.259 e. The predicted molar refractivity (Wildman–Crippen MR) is 59.5 cm³/mol. The number of hydrogen-bond donors (Lipinski definition) is 1. The Morgan fingerprint density at radius 1 is 1.60 bits per heavy atom. The summed E-state index contributed by atoms with van der Waals surface area (Å²) in [6.07, 6.45) is 4.79. The topological polar surface area (TPSA) is 47.3 Å². The maximum absolute atomic E-state index is 5.45. The van der Waals surface area contributed by atoms with Gasteiger partial charge in [0.2, 0.25) is 0 Å². The average molecular weight is 231 g/mol. The minimum atomic E-state index is 0. The minimum absolute atomic E-state index is 0. The lowest BCUT2D eigenvalue weighted by Gasteiger charge is -2.10. The third-order valence-corrected chi connectivity index (χ3v) is 2.22. The van der Waals surface area contributed by atoms with Crippen molar-refractivity contribution in [2.75, 3.05) is 13.2 Å². The van der Waals surface area contributed by atoms with E-state index >= 15 is 0 Å². The highest BCUT2D eigenvalue weighted by atomic mass is 35.5. The molecule has 0 saturated heterocycles. The SMILES string of the molecule is C/C=C/COc1noc2c1CNCC2.Cl. The normalized spacial score (nSPS) is 14.7. The molecule has 0 fully saturated rings. The fourth-order valence-corrected chi connectivity index (χ4v) is 1.45. The fraction of sp³-hybridized carbons (Fsp3) is 0.500. The van der Waals surface area contributed by atoms with Gasteiger partial charge in [-0.25, -0.2) is 0 Å². The van der Waals surface area contributed by atoms with Crippen molar-refractivity contribution in [3.8, 4) is 5.88 Å². The molecule has 1 aliphatic heterocycles. The van der Waals surface area contributed by atoms with Gasteiger partial charge < -0.3 is 14.6 Å². The summed E-state index contributed by atoms with van der Waals surface area (Å²) < 4.78 is 10.6. The standard InChI is InChI=1S/C10H14N2O2.ClH/c1-2-3-6-13-10-8-7-11-5-4-9(8)14-12-10;/h2-3,11H,4-7H2,1H3;1H/b3-2+;. The first-order valence-electron chi connectivity index (χ1n) is 4.84. The van der Waals surface area contributed by atoms with Crippen LogP contribution in [-0.4, -0.2) is 18.3 Å². The third-order valence-electron chi connectivity index (χ3n) is 2.22. The van der Waals surface area contributed by atoms with Gasteiger partial charge in [0.05, 0.1) is 5.56 Å². The number of nitrogens with zero attached hydrogens (tertiary/aromatic N) is 1. The molecule has 0 aliphatic carbocycles. The average Bonchev–Trinajstić information content (AvgIpc) is 2.63. The summed E-state index contributed by atoms with van der Waals surface area (Å²) in [7, 11) is 0. The predicted octanol–water partition coefficient (Wildman–Crippen LogP) is 1.70. The summed E-state index contributed by atoms with van der Waals surface area (Å²) >= 11 is 0. The van der Waals surface area contributed by atoms with Gasteiger partial charge >= 0.3 is 0 Å². The lowest BCUT2D eigenvalue weighted by atomic mass is 10.1. The molecule has 0 saturated carbocycles. The molecule has 1 N–H and O–H groups in total. The number of ether oxygens (including phenoxy) is 1. The first kappa shape index (κ1) is 12.1. The van der Waals surface area contributed by atoms with Crippen LogP contribution in [0.4, 0.5) is 0 Å². The Morgan fingerprint density at radius 2 is 2.47 bits per heavy atom. The fourth-order valence-electron chi connectivity index (χ4n) is 1.45. The van der Waals surface area contributed by atoms with Crippen LogP contribution < -0.4 is 10.1 Å². The van der Waals surface area contributed by atoms with Crippen molar-refractivity contribution in [1.29, 1.82) is 0 Å². The van der Waals surface area contributed by atoms with Gasteiger partial charge in [-0.1, -0.05) is 12.2 Å². The van der Waals surface area contributed by atoms with Gasteiger partial charge in [0.15, 0.2) is 0 Å². The number of aromatic nitrogens is 1. The van der Waals surface area contributed by atoms with Crippen molar-refractivity contribution in [2.24, 2.45) is 0 Å². The van der Waals surface area contributed by atoms with Crippen molar-refractivity contribution >= 4 is 12.4 Å². The summed E-state index contributed by atoms with van der Waals surface area (Å²) in [6.45, 7) is 4.26. The van der Waals surface area contributed by atoms with E-state index in [9.17, 15) is 0 Å². The number of nitrogens with one attached hydrogen (secondary N) is 1. The highest BCUT2D eigenvalue weighted by Gasteiger charge is 2.19. The van der Waals surface area contributed by atoms with E-state index in [4.69, 9.17) is 9.26 Å². The van der Waals surface area contributed by atoms with Gasteiger partial charge in [-0.15, -0.1) is 12.4 Å². The molecular weight excluding hydrogens is 216 g/mol. The Labute approximate surface area is 95.1 Å². The minimum Gasteiger partial charge on any atom is -0.471 e. The Hall–Kier alpha value is -1.00. The Bertz CT molecular complexity index is 336. The van der Waals surface area contributed by atoms with Crippen LogP contribution in [0.5, 0.6) is 5.88 Å². The van der Waals surface area contributed by atoms with E-state index in [2.05, 4.69) is 10.5 Å². The summed E-state index contributed by atoms with van der Waals surface area (Å²) in [5.41, 5.74) is 1.07. The summed E-state index contributed by atoms with van der Waals surface area (Å²) in [6, 6.07) is 0. The van der Waals surface area contributed by atoms with Crippen LogP contribution in [-0.2, 0) is 13.0 Å². The lowest BCUT2D eigenvalue weighted by Crippen LogP contribution is -2.22. The van der Waals surface area contributed by atoms with Crippen LogP contribution in [0.25, 0.3) is 0 Å². The van der Waals surface area contributed by atoms with Crippen LogP contribution in [0, 0.1) is 0 Å². The molecule has 84 valence electrons. The molecule has 2 rings (SSSR count). The van der Waals surface area contributed by atoms with E-state index in [-0.39, 0.29) is 12.4 Å². The Morgan fingerprint density at radius 3 is 3.27 bits per heavy atom.